The van der Waals surface area contributed by atoms with E-state index < -0.39 is 0 Å². The molecule has 0 bridgehead atoms. The first kappa shape index (κ1) is 15.4. The maximum atomic E-state index is 12.2. The highest BCUT2D eigenvalue weighted by molar-refractivity contribution is 7.22. The number of carbonyl (C=O) groups is 2. The van der Waals surface area contributed by atoms with Crippen LogP contribution < -0.4 is 10.6 Å². The molecule has 23 heavy (non-hydrogen) atoms. The summed E-state index contributed by atoms with van der Waals surface area (Å²) in [6, 6.07) is 7.68. The van der Waals surface area contributed by atoms with Gasteiger partial charge in [-0.2, -0.15) is 0 Å². The number of amides is 2. The summed E-state index contributed by atoms with van der Waals surface area (Å²) in [5.41, 5.74) is 0. The van der Waals surface area contributed by atoms with E-state index in [1.165, 1.54) is 22.3 Å². The van der Waals surface area contributed by atoms with Gasteiger partial charge in [-0.05, 0) is 23.6 Å². The van der Waals surface area contributed by atoms with Crippen molar-refractivity contribution in [2.45, 2.75) is 6.54 Å². The monoisotopic (exact) mass is 347 g/mol. The van der Waals surface area contributed by atoms with E-state index in [4.69, 9.17) is 0 Å². The van der Waals surface area contributed by atoms with Gasteiger partial charge in [-0.3, -0.25) is 14.9 Å². The van der Waals surface area contributed by atoms with Crippen LogP contribution in [-0.4, -0.2) is 33.6 Å². The Hall–Kier alpha value is -2.52. The number of hydrogen-bond acceptors (Lipinski definition) is 6. The van der Waals surface area contributed by atoms with Gasteiger partial charge in [-0.25, -0.2) is 9.67 Å². The van der Waals surface area contributed by atoms with Gasteiger partial charge in [0.2, 0.25) is 11.9 Å². The zero-order valence-electron chi connectivity index (χ0n) is 12.1. The molecule has 2 N–H and O–H groups in total. The first-order valence-corrected chi connectivity index (χ1v) is 8.40. The van der Waals surface area contributed by atoms with Gasteiger partial charge in [0.05, 0.1) is 4.88 Å². The predicted molar refractivity (Wildman–Crippen MR) is 89.7 cm³/mol. The van der Waals surface area contributed by atoms with E-state index >= 15 is 0 Å². The highest BCUT2D eigenvalue weighted by atomic mass is 32.1. The van der Waals surface area contributed by atoms with Crippen LogP contribution in [0.3, 0.4) is 0 Å². The van der Waals surface area contributed by atoms with Gasteiger partial charge in [-0.1, -0.05) is 6.07 Å². The Morgan fingerprint density at radius 3 is 2.87 bits per heavy atom. The second-order valence-electron chi connectivity index (χ2n) is 4.53. The van der Waals surface area contributed by atoms with Crippen molar-refractivity contribution in [3.8, 4) is 9.75 Å². The molecule has 0 spiro atoms. The molecule has 118 valence electrons. The molecule has 0 aliphatic rings. The Kier molecular flexibility index (Phi) is 4.49. The Labute approximate surface area is 140 Å². The van der Waals surface area contributed by atoms with E-state index in [1.807, 2.05) is 23.6 Å². The molecule has 0 aliphatic carbocycles. The third-order valence-corrected chi connectivity index (χ3v) is 5.09. The number of rotatable bonds is 5. The van der Waals surface area contributed by atoms with Crippen LogP contribution >= 0.6 is 22.7 Å². The second-order valence-corrected chi connectivity index (χ2v) is 6.57. The van der Waals surface area contributed by atoms with Crippen molar-refractivity contribution < 1.29 is 9.59 Å². The van der Waals surface area contributed by atoms with E-state index in [0.717, 1.165) is 9.75 Å². The molecular weight excluding hydrogens is 334 g/mol. The molecule has 7 nitrogen and oxygen atoms in total. The van der Waals surface area contributed by atoms with Crippen molar-refractivity contribution in [2.24, 2.45) is 0 Å². The van der Waals surface area contributed by atoms with Gasteiger partial charge in [0.25, 0.3) is 5.91 Å². The number of nitrogens with one attached hydrogen (secondary N) is 2. The van der Waals surface area contributed by atoms with E-state index in [9.17, 15) is 9.59 Å². The van der Waals surface area contributed by atoms with Gasteiger partial charge >= 0.3 is 0 Å². The Morgan fingerprint density at radius 1 is 1.26 bits per heavy atom. The molecule has 0 saturated heterocycles. The Morgan fingerprint density at radius 2 is 2.13 bits per heavy atom. The number of hydrogen-bond donors (Lipinski definition) is 2. The van der Waals surface area contributed by atoms with Crippen molar-refractivity contribution >= 4 is 40.4 Å². The Bertz CT molecular complexity index is 822. The third-order valence-electron chi connectivity index (χ3n) is 2.94. The van der Waals surface area contributed by atoms with Crippen LogP contribution in [0.15, 0.2) is 36.0 Å². The number of nitrogens with zero attached hydrogens (tertiary/aromatic N) is 3. The average molecular weight is 347 g/mol. The minimum Gasteiger partial charge on any atom is -0.358 e. The quantitative estimate of drug-likeness (QED) is 0.739. The van der Waals surface area contributed by atoms with Crippen LogP contribution in [0.4, 0.5) is 5.95 Å². The predicted octanol–water partition coefficient (Wildman–Crippen LogP) is 2.07. The minimum absolute atomic E-state index is 0.0564. The Balaban J connectivity index is 1.66. The lowest BCUT2D eigenvalue weighted by Gasteiger charge is -1.99. The third kappa shape index (κ3) is 3.63. The zero-order valence-corrected chi connectivity index (χ0v) is 13.8. The molecule has 0 radical (unpaired) electrons. The standard InChI is InChI=1S/C14H13N5O2S2/c1-15-12(20)7-19-8-16-14(18-19)17-13(21)11-5-4-10(23-11)9-3-2-6-22-9/h2-6,8H,7H2,1H3,(H,15,20)(H,17,18,21). The maximum absolute atomic E-state index is 12.2. The van der Waals surface area contributed by atoms with E-state index in [-0.39, 0.29) is 24.3 Å². The first-order valence-electron chi connectivity index (χ1n) is 6.71. The number of aromatic nitrogens is 3. The molecule has 0 unspecified atom stereocenters. The van der Waals surface area contributed by atoms with E-state index in [0.29, 0.717) is 4.88 Å². The van der Waals surface area contributed by atoms with Crippen LogP contribution in [0.2, 0.25) is 0 Å². The van der Waals surface area contributed by atoms with Crippen LogP contribution in [0.1, 0.15) is 9.67 Å². The molecule has 0 aromatic carbocycles. The fourth-order valence-corrected chi connectivity index (χ4v) is 3.56. The van der Waals surface area contributed by atoms with Gasteiger partial charge in [0, 0.05) is 16.8 Å². The van der Waals surface area contributed by atoms with Crippen molar-refractivity contribution in [1.82, 2.24) is 20.1 Å². The van der Waals surface area contributed by atoms with Crippen molar-refractivity contribution in [2.75, 3.05) is 12.4 Å². The van der Waals surface area contributed by atoms with Crippen LogP contribution in [0.5, 0.6) is 0 Å². The topological polar surface area (TPSA) is 88.9 Å². The molecule has 3 heterocycles. The smallest absolute Gasteiger partial charge is 0.268 e. The number of anilines is 1. The summed E-state index contributed by atoms with van der Waals surface area (Å²) in [7, 11) is 1.55. The lowest BCUT2D eigenvalue weighted by Crippen LogP contribution is -2.23. The van der Waals surface area contributed by atoms with Crippen LogP contribution in [0.25, 0.3) is 9.75 Å². The molecule has 3 aromatic rings. The largest absolute Gasteiger partial charge is 0.358 e. The fourth-order valence-electron chi connectivity index (χ4n) is 1.83. The summed E-state index contributed by atoms with van der Waals surface area (Å²) in [5.74, 6) is -0.285. The van der Waals surface area contributed by atoms with Gasteiger partial charge < -0.3 is 5.32 Å². The molecule has 0 aliphatic heterocycles. The zero-order chi connectivity index (χ0) is 16.2. The molecule has 3 rings (SSSR count). The summed E-state index contributed by atoms with van der Waals surface area (Å²) in [4.78, 5) is 30.2. The molecule has 3 aromatic heterocycles. The van der Waals surface area contributed by atoms with E-state index in [1.54, 1.807) is 24.5 Å². The van der Waals surface area contributed by atoms with Crippen molar-refractivity contribution in [3.63, 3.8) is 0 Å². The molecule has 0 atom stereocenters. The van der Waals surface area contributed by atoms with Gasteiger partial charge in [0.15, 0.2) is 0 Å². The molecule has 0 fully saturated rings. The maximum Gasteiger partial charge on any atom is 0.268 e. The number of likely N-dealkylation sites (N-methyl/N-ethyl adjacent to an activating group) is 1. The first-order chi connectivity index (χ1) is 11.2. The van der Waals surface area contributed by atoms with E-state index in [2.05, 4.69) is 20.7 Å². The number of carbonyl (C=O) groups excluding carboxylic acids is 2. The molecule has 9 heteroatoms. The lowest BCUT2D eigenvalue weighted by molar-refractivity contribution is -0.121. The summed E-state index contributed by atoms with van der Waals surface area (Å²) < 4.78 is 1.36. The summed E-state index contributed by atoms with van der Waals surface area (Å²) in [6.45, 7) is 0.0564. The average Bonchev–Trinajstić information content (AvgIpc) is 3.28. The SMILES string of the molecule is CNC(=O)Cn1cnc(NC(=O)c2ccc(-c3cccs3)s2)n1. The minimum atomic E-state index is -0.268. The molecule has 0 saturated carbocycles. The summed E-state index contributed by atoms with van der Waals surface area (Å²) >= 11 is 3.04. The lowest BCUT2D eigenvalue weighted by atomic mass is 10.3. The van der Waals surface area contributed by atoms with Gasteiger partial charge in [0.1, 0.15) is 12.9 Å². The van der Waals surface area contributed by atoms with Crippen LogP contribution in [-0.2, 0) is 11.3 Å². The van der Waals surface area contributed by atoms with Gasteiger partial charge in [-0.15, -0.1) is 27.8 Å². The fraction of sp³-hybridized carbons (Fsp3) is 0.143. The molecular formula is C14H13N5O2S2. The second kappa shape index (κ2) is 6.71. The highest BCUT2D eigenvalue weighted by Crippen LogP contribution is 2.31. The van der Waals surface area contributed by atoms with Crippen molar-refractivity contribution in [3.05, 3.63) is 40.8 Å². The normalized spacial score (nSPS) is 10.5. The van der Waals surface area contributed by atoms with Crippen LogP contribution in [0, 0.1) is 0 Å². The highest BCUT2D eigenvalue weighted by Gasteiger charge is 2.13. The number of thiophene rings is 2. The summed E-state index contributed by atoms with van der Waals surface area (Å²) in [5, 5.41) is 11.2. The van der Waals surface area contributed by atoms with Crippen molar-refractivity contribution in [1.29, 1.82) is 0 Å². The summed E-state index contributed by atoms with van der Waals surface area (Å²) in [6.07, 6.45) is 1.40. The molecule has 2 amide bonds.